The number of carbonyl (C=O) groups excluding carboxylic acids is 2. The Balaban J connectivity index is 4.33. The zero-order valence-electron chi connectivity index (χ0n) is 10.9. The van der Waals surface area contributed by atoms with Crippen molar-refractivity contribution < 1.29 is 14.7 Å². The normalized spacial score (nSPS) is 11.9. The summed E-state index contributed by atoms with van der Waals surface area (Å²) in [5.74, 6) is -1.46. The van der Waals surface area contributed by atoms with E-state index in [9.17, 15) is 14.7 Å². The van der Waals surface area contributed by atoms with Crippen molar-refractivity contribution in [2.75, 3.05) is 19.6 Å². The molecule has 6 N–H and O–H groups in total. The fourth-order valence-electron chi connectivity index (χ4n) is 1.45. The number of hydrogen-bond donors (Lipinski definition) is 4. The largest absolute Gasteiger partial charge is 0.504 e. The molecule has 0 aromatic heterocycles. The highest BCUT2D eigenvalue weighted by molar-refractivity contribution is 6.03. The first-order valence-corrected chi connectivity index (χ1v) is 6.16. The first-order valence-electron chi connectivity index (χ1n) is 6.16. The molecule has 0 aliphatic carbocycles. The first-order chi connectivity index (χ1) is 8.54. The Kier molecular flexibility index (Phi) is 8.86. The number of carbonyl (C=O) groups is 2. The molecule has 0 unspecified atom stereocenters. The minimum atomic E-state index is -0.531. The van der Waals surface area contributed by atoms with Gasteiger partial charge in [-0.25, -0.2) is 0 Å². The number of ketones is 1. The fraction of sp³-hybridized carbons (Fsp3) is 0.667. The highest BCUT2D eigenvalue weighted by Crippen LogP contribution is 2.07. The number of aliphatic hydroxyl groups is 1. The van der Waals surface area contributed by atoms with Crippen LogP contribution in [0.1, 0.15) is 32.6 Å². The number of nitrogens with two attached hydrogens (primary N) is 2. The molecular weight excluding hydrogens is 234 g/mol. The predicted octanol–water partition coefficient (Wildman–Crippen LogP) is -0.0185. The Morgan fingerprint density at radius 1 is 1.11 bits per heavy atom. The molecule has 0 aliphatic heterocycles. The molecular formula is C12H23N3O3. The van der Waals surface area contributed by atoms with Gasteiger partial charge in [0.2, 0.25) is 0 Å². The number of unbranched alkanes of at least 4 members (excludes halogenated alkanes) is 2. The smallest absolute Gasteiger partial charge is 0.251 e. The summed E-state index contributed by atoms with van der Waals surface area (Å²) in [6.45, 7) is 2.54. The van der Waals surface area contributed by atoms with Crippen molar-refractivity contribution in [2.24, 2.45) is 11.5 Å². The second-order valence-corrected chi connectivity index (χ2v) is 4.03. The zero-order chi connectivity index (χ0) is 14.0. The molecule has 0 saturated carbocycles. The topological polar surface area (TPSA) is 118 Å². The van der Waals surface area contributed by atoms with Crippen LogP contribution in [0.4, 0.5) is 0 Å². The van der Waals surface area contributed by atoms with Gasteiger partial charge in [0.15, 0.2) is 11.5 Å². The molecule has 104 valence electrons. The summed E-state index contributed by atoms with van der Waals surface area (Å²) in [5, 5.41) is 12.2. The first kappa shape index (κ1) is 16.6. The van der Waals surface area contributed by atoms with Crippen LogP contribution in [0.2, 0.25) is 0 Å². The van der Waals surface area contributed by atoms with Gasteiger partial charge in [-0.1, -0.05) is 6.42 Å². The zero-order valence-corrected chi connectivity index (χ0v) is 10.9. The molecule has 6 heteroatoms. The third kappa shape index (κ3) is 6.36. The summed E-state index contributed by atoms with van der Waals surface area (Å²) in [6, 6.07) is 0. The van der Waals surface area contributed by atoms with Crippen molar-refractivity contribution in [3.8, 4) is 0 Å². The number of nitrogens with one attached hydrogen (secondary N) is 1. The molecule has 0 rings (SSSR count). The number of Topliss-reactive ketones (excluding diaryl/α,β-unsaturated/α-hetero) is 1. The molecule has 1 amide bonds. The van der Waals surface area contributed by atoms with Crippen molar-refractivity contribution in [3.05, 3.63) is 11.3 Å². The molecule has 0 bridgehead atoms. The van der Waals surface area contributed by atoms with Crippen molar-refractivity contribution in [1.29, 1.82) is 0 Å². The molecule has 0 aromatic rings. The summed E-state index contributed by atoms with van der Waals surface area (Å²) in [4.78, 5) is 22.8. The Hall–Kier alpha value is -1.40. The number of rotatable bonds is 9. The third-order valence-corrected chi connectivity index (χ3v) is 2.45. The maximum absolute atomic E-state index is 11.8. The number of aliphatic hydroxyl groups excluding tert-OH is 1. The second kappa shape index (κ2) is 9.61. The second-order valence-electron chi connectivity index (χ2n) is 4.03. The molecule has 0 atom stereocenters. The van der Waals surface area contributed by atoms with Crippen LogP contribution in [-0.4, -0.2) is 36.4 Å². The van der Waals surface area contributed by atoms with Gasteiger partial charge in [0, 0.05) is 13.5 Å². The van der Waals surface area contributed by atoms with E-state index in [0.717, 1.165) is 19.3 Å². The molecule has 18 heavy (non-hydrogen) atoms. The van der Waals surface area contributed by atoms with Gasteiger partial charge in [0.25, 0.3) is 5.91 Å². The van der Waals surface area contributed by atoms with E-state index in [4.69, 9.17) is 11.5 Å². The molecule has 6 nitrogen and oxygen atoms in total. The monoisotopic (exact) mass is 257 g/mol. The van der Waals surface area contributed by atoms with Gasteiger partial charge in [-0.05, 0) is 32.4 Å². The maximum atomic E-state index is 11.8. The average molecular weight is 257 g/mol. The standard InChI is InChI=1S/C12H23N3O3/c1-9(16)11(17)10(5-7-14)12(18)15-8-4-2-3-6-13/h17H,2-8,13-14H2,1H3,(H,15,18)/b11-10-. The average Bonchev–Trinajstić information content (AvgIpc) is 2.34. The van der Waals surface area contributed by atoms with Crippen LogP contribution in [0.3, 0.4) is 0 Å². The lowest BCUT2D eigenvalue weighted by Crippen LogP contribution is -2.29. The minimum Gasteiger partial charge on any atom is -0.504 e. The molecule has 0 aromatic carbocycles. The lowest BCUT2D eigenvalue weighted by Gasteiger charge is -2.09. The van der Waals surface area contributed by atoms with Crippen LogP contribution in [0.25, 0.3) is 0 Å². The lowest BCUT2D eigenvalue weighted by molar-refractivity contribution is -0.120. The van der Waals surface area contributed by atoms with Gasteiger partial charge in [0.1, 0.15) is 0 Å². The SMILES string of the molecule is CC(=O)/C(O)=C(\CCN)C(=O)NCCCCCN. The predicted molar refractivity (Wildman–Crippen MR) is 69.9 cm³/mol. The van der Waals surface area contributed by atoms with E-state index in [1.165, 1.54) is 6.92 Å². The van der Waals surface area contributed by atoms with E-state index < -0.39 is 17.4 Å². The molecule has 0 heterocycles. The Morgan fingerprint density at radius 2 is 1.78 bits per heavy atom. The van der Waals surface area contributed by atoms with Crippen molar-refractivity contribution in [1.82, 2.24) is 5.32 Å². The Morgan fingerprint density at radius 3 is 2.28 bits per heavy atom. The van der Waals surface area contributed by atoms with Crippen molar-refractivity contribution in [3.63, 3.8) is 0 Å². The van der Waals surface area contributed by atoms with Gasteiger partial charge >= 0.3 is 0 Å². The summed E-state index contributed by atoms with van der Waals surface area (Å²) in [7, 11) is 0. The van der Waals surface area contributed by atoms with Gasteiger partial charge in [-0.15, -0.1) is 0 Å². The molecule has 0 saturated heterocycles. The van der Waals surface area contributed by atoms with Crippen LogP contribution >= 0.6 is 0 Å². The molecule has 0 aliphatic rings. The summed E-state index contributed by atoms with van der Waals surface area (Å²) in [5.41, 5.74) is 10.8. The number of amides is 1. The summed E-state index contributed by atoms with van der Waals surface area (Å²) in [6.07, 6.45) is 2.85. The van der Waals surface area contributed by atoms with Crippen molar-refractivity contribution >= 4 is 11.7 Å². The van der Waals surface area contributed by atoms with E-state index in [-0.39, 0.29) is 18.5 Å². The highest BCUT2D eigenvalue weighted by Gasteiger charge is 2.16. The molecule has 0 fully saturated rings. The van der Waals surface area contributed by atoms with Crippen molar-refractivity contribution in [2.45, 2.75) is 32.6 Å². The van der Waals surface area contributed by atoms with E-state index >= 15 is 0 Å². The third-order valence-electron chi connectivity index (χ3n) is 2.45. The van der Waals surface area contributed by atoms with E-state index in [0.29, 0.717) is 13.1 Å². The number of allylic oxidation sites excluding steroid dienone is 1. The van der Waals surface area contributed by atoms with E-state index in [1.807, 2.05) is 0 Å². The fourth-order valence-corrected chi connectivity index (χ4v) is 1.45. The van der Waals surface area contributed by atoms with Gasteiger partial charge < -0.3 is 21.9 Å². The van der Waals surface area contributed by atoms with Crippen LogP contribution < -0.4 is 16.8 Å². The molecule has 0 radical (unpaired) electrons. The van der Waals surface area contributed by atoms with Gasteiger partial charge in [0.05, 0.1) is 5.57 Å². The quantitative estimate of drug-likeness (QED) is 0.263. The van der Waals surface area contributed by atoms with Gasteiger partial charge in [-0.2, -0.15) is 0 Å². The highest BCUT2D eigenvalue weighted by atomic mass is 16.3. The Labute approximate surface area is 107 Å². The minimum absolute atomic E-state index is 0.0591. The lowest BCUT2D eigenvalue weighted by atomic mass is 10.1. The van der Waals surface area contributed by atoms with Crippen LogP contribution in [0.15, 0.2) is 11.3 Å². The molecule has 0 spiro atoms. The van der Waals surface area contributed by atoms with Crippen LogP contribution in [0, 0.1) is 0 Å². The Bertz CT molecular complexity index is 314. The summed E-state index contributed by atoms with van der Waals surface area (Å²) >= 11 is 0. The van der Waals surface area contributed by atoms with Crippen LogP contribution in [-0.2, 0) is 9.59 Å². The van der Waals surface area contributed by atoms with E-state index in [2.05, 4.69) is 5.32 Å². The van der Waals surface area contributed by atoms with Gasteiger partial charge in [-0.3, -0.25) is 9.59 Å². The van der Waals surface area contributed by atoms with Crippen LogP contribution in [0.5, 0.6) is 0 Å². The van der Waals surface area contributed by atoms with E-state index in [1.54, 1.807) is 0 Å². The summed E-state index contributed by atoms with van der Waals surface area (Å²) < 4.78 is 0. The number of hydrogen-bond acceptors (Lipinski definition) is 5. The maximum Gasteiger partial charge on any atom is 0.251 e.